The van der Waals surface area contributed by atoms with E-state index in [0.717, 1.165) is 28.2 Å². The third-order valence-electron chi connectivity index (χ3n) is 5.27. The lowest BCUT2D eigenvalue weighted by Crippen LogP contribution is -2.31. The molecular weight excluding hydrogens is 306 g/mol. The van der Waals surface area contributed by atoms with Crippen molar-refractivity contribution in [3.8, 4) is 0 Å². The van der Waals surface area contributed by atoms with Crippen molar-refractivity contribution < 1.29 is 4.57 Å². The monoisotopic (exact) mass is 328 g/mol. The molecule has 4 rings (SSSR count). The van der Waals surface area contributed by atoms with Crippen molar-refractivity contribution in [1.82, 2.24) is 4.57 Å². The van der Waals surface area contributed by atoms with Gasteiger partial charge in [0.15, 0.2) is 17.1 Å². The number of aryl methyl sites for hydroxylation is 1. The summed E-state index contributed by atoms with van der Waals surface area (Å²) >= 11 is 0. The van der Waals surface area contributed by atoms with Crippen molar-refractivity contribution >= 4 is 22.3 Å². The Kier molecular flexibility index (Phi) is 3.46. The van der Waals surface area contributed by atoms with Gasteiger partial charge in [0.2, 0.25) is 0 Å². The van der Waals surface area contributed by atoms with Gasteiger partial charge in [0, 0.05) is 29.5 Å². The molecule has 0 bridgehead atoms. The quantitative estimate of drug-likeness (QED) is 0.499. The highest BCUT2D eigenvalue weighted by Crippen LogP contribution is 2.44. The highest BCUT2D eigenvalue weighted by atomic mass is 15.2. The summed E-state index contributed by atoms with van der Waals surface area (Å²) in [5, 5.41) is 0. The predicted molar refractivity (Wildman–Crippen MR) is 104 cm³/mol. The van der Waals surface area contributed by atoms with Gasteiger partial charge in [0.1, 0.15) is 0 Å². The minimum absolute atomic E-state index is 0.0431. The van der Waals surface area contributed by atoms with Crippen LogP contribution in [0.15, 0.2) is 72.3 Å². The Hall–Kier alpha value is -2.94. The summed E-state index contributed by atoms with van der Waals surface area (Å²) in [6, 6.07) is 17.0. The first-order chi connectivity index (χ1) is 12.1. The SMILES string of the molecule is C=C1C(=C)C(c2ccccc2C(C)=NC)n2c1[n+](C)c1ccccc12. The Morgan fingerprint density at radius 2 is 1.76 bits per heavy atom. The molecule has 25 heavy (non-hydrogen) atoms. The van der Waals surface area contributed by atoms with Gasteiger partial charge in [-0.1, -0.05) is 49.6 Å². The number of aliphatic imine (C=N–C) groups is 1. The molecule has 1 atom stereocenters. The number of allylic oxidation sites excluding steroid dienone is 2. The summed E-state index contributed by atoms with van der Waals surface area (Å²) in [6.07, 6.45) is 0. The Balaban J connectivity index is 2.06. The number of para-hydroxylation sites is 2. The molecule has 1 aliphatic heterocycles. The van der Waals surface area contributed by atoms with Crippen molar-refractivity contribution in [3.05, 3.63) is 84.2 Å². The molecule has 0 amide bonds. The van der Waals surface area contributed by atoms with Crippen LogP contribution in [0.2, 0.25) is 0 Å². The molecule has 1 aromatic heterocycles. The lowest BCUT2D eigenvalue weighted by molar-refractivity contribution is -0.647. The van der Waals surface area contributed by atoms with E-state index in [1.165, 1.54) is 16.6 Å². The second kappa shape index (κ2) is 5.55. The Bertz CT molecular complexity index is 1070. The van der Waals surface area contributed by atoms with Crippen molar-refractivity contribution in [2.45, 2.75) is 13.0 Å². The van der Waals surface area contributed by atoms with E-state index in [4.69, 9.17) is 0 Å². The molecule has 0 aliphatic carbocycles. The number of imidazole rings is 1. The van der Waals surface area contributed by atoms with Crippen LogP contribution in [0.5, 0.6) is 0 Å². The number of aromatic nitrogens is 2. The second-order valence-corrected chi connectivity index (χ2v) is 6.54. The van der Waals surface area contributed by atoms with E-state index in [1.54, 1.807) is 0 Å². The molecule has 0 spiro atoms. The van der Waals surface area contributed by atoms with Gasteiger partial charge in [-0.3, -0.25) is 4.99 Å². The summed E-state index contributed by atoms with van der Waals surface area (Å²) in [6.45, 7) is 10.8. The van der Waals surface area contributed by atoms with Crippen LogP contribution in [0.3, 0.4) is 0 Å². The fourth-order valence-electron chi connectivity index (χ4n) is 3.93. The van der Waals surface area contributed by atoms with Crippen LogP contribution in [0, 0.1) is 0 Å². The van der Waals surface area contributed by atoms with Gasteiger partial charge >= 0.3 is 0 Å². The van der Waals surface area contributed by atoms with Crippen LogP contribution in [-0.2, 0) is 7.05 Å². The maximum absolute atomic E-state index is 4.41. The van der Waals surface area contributed by atoms with Gasteiger partial charge in [0.25, 0.3) is 5.82 Å². The molecule has 124 valence electrons. The van der Waals surface area contributed by atoms with Gasteiger partial charge in [-0.2, -0.15) is 0 Å². The number of benzene rings is 2. The summed E-state index contributed by atoms with van der Waals surface area (Å²) in [7, 11) is 3.94. The second-order valence-electron chi connectivity index (χ2n) is 6.54. The zero-order chi connectivity index (χ0) is 17.7. The third-order valence-corrected chi connectivity index (χ3v) is 5.27. The number of hydrogen-bond acceptors (Lipinski definition) is 1. The Labute approximate surface area is 148 Å². The number of hydrogen-bond donors (Lipinski definition) is 0. The van der Waals surface area contributed by atoms with E-state index >= 15 is 0 Å². The molecule has 3 nitrogen and oxygen atoms in total. The van der Waals surface area contributed by atoms with Crippen LogP contribution in [0.25, 0.3) is 16.6 Å². The molecule has 0 saturated heterocycles. The van der Waals surface area contributed by atoms with E-state index in [-0.39, 0.29) is 6.04 Å². The topological polar surface area (TPSA) is 21.2 Å². The maximum atomic E-state index is 4.41. The first-order valence-electron chi connectivity index (χ1n) is 8.46. The van der Waals surface area contributed by atoms with Gasteiger partial charge in [-0.05, 0) is 19.1 Å². The van der Waals surface area contributed by atoms with Crippen LogP contribution in [0.4, 0.5) is 0 Å². The molecule has 2 heterocycles. The lowest BCUT2D eigenvalue weighted by Gasteiger charge is -2.15. The number of rotatable bonds is 2. The Morgan fingerprint density at radius 1 is 1.08 bits per heavy atom. The van der Waals surface area contributed by atoms with Crippen LogP contribution >= 0.6 is 0 Å². The fourth-order valence-corrected chi connectivity index (χ4v) is 3.93. The van der Waals surface area contributed by atoms with E-state index in [1.807, 2.05) is 7.05 Å². The molecule has 3 aromatic rings. The summed E-state index contributed by atoms with van der Waals surface area (Å²) in [5.74, 6) is 1.12. The first kappa shape index (κ1) is 15.6. The van der Waals surface area contributed by atoms with Gasteiger partial charge in [0.05, 0.1) is 12.6 Å². The number of fused-ring (bicyclic) bond motifs is 3. The highest BCUT2D eigenvalue weighted by Gasteiger charge is 2.42. The van der Waals surface area contributed by atoms with E-state index < -0.39 is 0 Å². The minimum Gasteiger partial charge on any atom is -0.293 e. The summed E-state index contributed by atoms with van der Waals surface area (Å²) in [4.78, 5) is 4.41. The number of nitrogens with zero attached hydrogens (tertiary/aromatic N) is 3. The van der Waals surface area contributed by atoms with Crippen LogP contribution < -0.4 is 4.57 Å². The summed E-state index contributed by atoms with van der Waals surface area (Å²) in [5.41, 5.74) is 7.87. The first-order valence-corrected chi connectivity index (χ1v) is 8.46. The van der Waals surface area contributed by atoms with E-state index in [9.17, 15) is 0 Å². The average molecular weight is 328 g/mol. The lowest BCUT2D eigenvalue weighted by atomic mass is 9.92. The zero-order valence-electron chi connectivity index (χ0n) is 15.0. The van der Waals surface area contributed by atoms with Crippen molar-refractivity contribution in [2.24, 2.45) is 12.0 Å². The van der Waals surface area contributed by atoms with Crippen LogP contribution in [-0.4, -0.2) is 17.3 Å². The molecule has 1 unspecified atom stereocenters. The predicted octanol–water partition coefficient (Wildman–Crippen LogP) is 4.08. The molecule has 0 saturated carbocycles. The standard InChI is InChI=1S/C22H22N3/c1-14-15(2)22-24(5)19-12-8-9-13-20(19)25(22)21(14)18-11-7-6-10-17(18)16(3)23-4/h6-13,21H,1-2H2,3-5H3/q+1. The van der Waals surface area contributed by atoms with Gasteiger partial charge in [-0.25, -0.2) is 9.13 Å². The molecule has 3 heteroatoms. The van der Waals surface area contributed by atoms with Gasteiger partial charge in [-0.15, -0.1) is 0 Å². The average Bonchev–Trinajstić information content (AvgIpc) is 3.08. The molecular formula is C22H22N3+. The minimum atomic E-state index is 0.0431. The van der Waals surface area contributed by atoms with Crippen LogP contribution in [0.1, 0.15) is 29.9 Å². The molecule has 0 radical (unpaired) electrons. The molecule has 0 fully saturated rings. The molecule has 2 aromatic carbocycles. The van der Waals surface area contributed by atoms with E-state index in [2.05, 4.69) is 89.8 Å². The molecule has 1 aliphatic rings. The largest absolute Gasteiger partial charge is 0.293 e. The normalized spacial score (nSPS) is 17.4. The zero-order valence-corrected chi connectivity index (χ0v) is 15.0. The van der Waals surface area contributed by atoms with Gasteiger partial charge < -0.3 is 0 Å². The van der Waals surface area contributed by atoms with E-state index in [0.29, 0.717) is 0 Å². The smallest absolute Gasteiger partial charge is 0.290 e. The third kappa shape index (κ3) is 2.05. The van der Waals surface area contributed by atoms with Crippen molar-refractivity contribution in [3.63, 3.8) is 0 Å². The maximum Gasteiger partial charge on any atom is 0.290 e. The fraction of sp³-hybridized carbons (Fsp3) is 0.182. The Morgan fingerprint density at radius 3 is 2.52 bits per heavy atom. The molecule has 0 N–H and O–H groups in total. The van der Waals surface area contributed by atoms with Crippen molar-refractivity contribution in [1.29, 1.82) is 0 Å². The summed E-state index contributed by atoms with van der Waals surface area (Å²) < 4.78 is 4.58. The van der Waals surface area contributed by atoms with Crippen molar-refractivity contribution in [2.75, 3.05) is 7.05 Å². The highest BCUT2D eigenvalue weighted by molar-refractivity contribution is 6.00.